The van der Waals surface area contributed by atoms with Crippen LogP contribution >= 0.6 is 15.9 Å². The second-order valence-electron chi connectivity index (χ2n) is 3.94. The molecule has 0 spiro atoms. The van der Waals surface area contributed by atoms with E-state index in [0.29, 0.717) is 12.2 Å². The maximum Gasteiger partial charge on any atom is 0.146 e. The van der Waals surface area contributed by atoms with Crippen molar-refractivity contribution in [2.24, 2.45) is 0 Å². The minimum Gasteiger partial charge on any atom is -0.368 e. The average molecular weight is 294 g/mol. The molecule has 0 aliphatic heterocycles. The molecule has 2 aromatic carbocycles. The van der Waals surface area contributed by atoms with Crippen LogP contribution in [0.25, 0.3) is 0 Å². The molecule has 0 radical (unpaired) electrons. The zero-order valence-electron chi connectivity index (χ0n) is 9.53. The van der Waals surface area contributed by atoms with Crippen LogP contribution in [0.4, 0.5) is 10.1 Å². The zero-order chi connectivity index (χ0) is 12.3. The van der Waals surface area contributed by atoms with Crippen LogP contribution in [0.1, 0.15) is 5.56 Å². The third-order valence-electron chi connectivity index (χ3n) is 2.57. The van der Waals surface area contributed by atoms with E-state index in [-0.39, 0.29) is 5.82 Å². The molecule has 0 heterocycles. The zero-order valence-corrected chi connectivity index (χ0v) is 11.1. The molecule has 0 unspecified atom stereocenters. The summed E-state index contributed by atoms with van der Waals surface area (Å²) in [5.41, 5.74) is 1.76. The number of benzene rings is 2. The van der Waals surface area contributed by atoms with Crippen LogP contribution in [0.15, 0.2) is 53.0 Å². The van der Waals surface area contributed by atoms with E-state index in [1.165, 1.54) is 6.07 Å². The monoisotopic (exact) mass is 293 g/mol. The molecule has 2 rings (SSSR count). The van der Waals surface area contributed by atoms with Crippen LogP contribution in [0.5, 0.6) is 0 Å². The Morgan fingerprint density at radius 1 is 1.12 bits per heavy atom. The van der Waals surface area contributed by atoms with Gasteiger partial charge in [0.25, 0.3) is 0 Å². The first-order valence-electron chi connectivity index (χ1n) is 5.37. The predicted molar refractivity (Wildman–Crippen MR) is 72.6 cm³/mol. The summed E-state index contributed by atoms with van der Waals surface area (Å²) in [5.74, 6) is -0.190. The summed E-state index contributed by atoms with van der Waals surface area (Å²) in [4.78, 5) is 1.90. The van der Waals surface area contributed by atoms with Gasteiger partial charge in [-0.05, 0) is 29.8 Å². The number of nitrogens with zero attached hydrogens (tertiary/aromatic N) is 1. The van der Waals surface area contributed by atoms with Crippen molar-refractivity contribution < 1.29 is 4.39 Å². The highest BCUT2D eigenvalue weighted by atomic mass is 79.9. The van der Waals surface area contributed by atoms with Gasteiger partial charge in [-0.25, -0.2) is 4.39 Å². The van der Waals surface area contributed by atoms with Gasteiger partial charge in [0, 0.05) is 18.1 Å². The second kappa shape index (κ2) is 5.32. The first-order valence-corrected chi connectivity index (χ1v) is 6.16. The maximum atomic E-state index is 13.6. The van der Waals surface area contributed by atoms with Crippen LogP contribution in [-0.2, 0) is 6.54 Å². The summed E-state index contributed by atoms with van der Waals surface area (Å²) in [7, 11) is 1.89. The first kappa shape index (κ1) is 12.1. The Morgan fingerprint density at radius 3 is 2.59 bits per heavy atom. The van der Waals surface area contributed by atoms with Gasteiger partial charge in [0.2, 0.25) is 0 Å². The Labute approximate surface area is 109 Å². The molecule has 0 fully saturated rings. The van der Waals surface area contributed by atoms with Crippen molar-refractivity contribution in [2.75, 3.05) is 11.9 Å². The number of hydrogen-bond acceptors (Lipinski definition) is 1. The molecule has 0 aliphatic rings. The van der Waals surface area contributed by atoms with Crippen molar-refractivity contribution in [3.05, 3.63) is 64.4 Å². The van der Waals surface area contributed by atoms with Gasteiger partial charge in [0.15, 0.2) is 0 Å². The van der Waals surface area contributed by atoms with Crippen LogP contribution in [0, 0.1) is 5.82 Å². The molecule has 88 valence electrons. The smallest absolute Gasteiger partial charge is 0.146 e. The minimum absolute atomic E-state index is 0.190. The largest absolute Gasteiger partial charge is 0.368 e. The van der Waals surface area contributed by atoms with E-state index in [4.69, 9.17) is 0 Å². The van der Waals surface area contributed by atoms with Crippen molar-refractivity contribution >= 4 is 21.6 Å². The van der Waals surface area contributed by atoms with Crippen molar-refractivity contribution in [1.82, 2.24) is 0 Å². The van der Waals surface area contributed by atoms with E-state index in [9.17, 15) is 4.39 Å². The molecule has 2 aromatic rings. The Hall–Kier alpha value is -1.35. The lowest BCUT2D eigenvalue weighted by molar-refractivity contribution is 0.622. The number of anilines is 1. The summed E-state index contributed by atoms with van der Waals surface area (Å²) >= 11 is 3.43. The fourth-order valence-electron chi connectivity index (χ4n) is 1.76. The summed E-state index contributed by atoms with van der Waals surface area (Å²) in [6.07, 6.45) is 0. The first-order chi connectivity index (χ1) is 8.16. The van der Waals surface area contributed by atoms with E-state index in [0.717, 1.165) is 10.0 Å². The molecular weight excluding hydrogens is 281 g/mol. The highest BCUT2D eigenvalue weighted by Gasteiger charge is 2.06. The number of para-hydroxylation sites is 1. The minimum atomic E-state index is -0.190. The molecular formula is C14H13BrFN. The van der Waals surface area contributed by atoms with Crippen LogP contribution in [-0.4, -0.2) is 7.05 Å². The van der Waals surface area contributed by atoms with Crippen LogP contribution in [0.2, 0.25) is 0 Å². The lowest BCUT2D eigenvalue weighted by atomic mass is 10.2. The molecule has 0 N–H and O–H groups in total. The van der Waals surface area contributed by atoms with Gasteiger partial charge in [-0.2, -0.15) is 0 Å². The highest BCUT2D eigenvalue weighted by Crippen LogP contribution is 2.20. The normalized spacial score (nSPS) is 10.3. The molecule has 0 aliphatic carbocycles. The third-order valence-corrected chi connectivity index (χ3v) is 3.07. The topological polar surface area (TPSA) is 3.24 Å². The molecule has 0 bridgehead atoms. The van der Waals surface area contributed by atoms with Crippen molar-refractivity contribution in [3.8, 4) is 0 Å². The van der Waals surface area contributed by atoms with Crippen molar-refractivity contribution in [1.29, 1.82) is 0 Å². The van der Waals surface area contributed by atoms with Crippen LogP contribution < -0.4 is 4.90 Å². The molecule has 17 heavy (non-hydrogen) atoms. The van der Waals surface area contributed by atoms with Gasteiger partial charge in [0.05, 0.1) is 5.69 Å². The summed E-state index contributed by atoms with van der Waals surface area (Å²) in [6, 6.07) is 14.8. The van der Waals surface area contributed by atoms with E-state index in [2.05, 4.69) is 15.9 Å². The Balaban J connectivity index is 2.17. The second-order valence-corrected chi connectivity index (χ2v) is 4.85. The molecule has 0 atom stereocenters. The van der Waals surface area contributed by atoms with Gasteiger partial charge in [-0.15, -0.1) is 0 Å². The lowest BCUT2D eigenvalue weighted by Crippen LogP contribution is -2.17. The standard InChI is InChI=1S/C14H13BrFN/c1-17(14-8-3-2-7-13(14)16)10-11-5-4-6-12(15)9-11/h2-9H,10H2,1H3. The van der Waals surface area contributed by atoms with Gasteiger partial charge in [-0.1, -0.05) is 40.2 Å². The number of hydrogen-bond donors (Lipinski definition) is 0. The molecule has 1 nitrogen and oxygen atoms in total. The van der Waals surface area contributed by atoms with Gasteiger partial charge in [-0.3, -0.25) is 0 Å². The average Bonchev–Trinajstić information content (AvgIpc) is 2.29. The maximum absolute atomic E-state index is 13.6. The van der Waals surface area contributed by atoms with E-state index < -0.39 is 0 Å². The van der Waals surface area contributed by atoms with Crippen LogP contribution in [0.3, 0.4) is 0 Å². The molecule has 0 aromatic heterocycles. The SMILES string of the molecule is CN(Cc1cccc(Br)c1)c1ccccc1F. The van der Waals surface area contributed by atoms with Crippen molar-refractivity contribution in [3.63, 3.8) is 0 Å². The van der Waals surface area contributed by atoms with Crippen molar-refractivity contribution in [2.45, 2.75) is 6.54 Å². The van der Waals surface area contributed by atoms with E-state index in [1.54, 1.807) is 12.1 Å². The van der Waals surface area contributed by atoms with E-state index >= 15 is 0 Å². The van der Waals surface area contributed by atoms with Gasteiger partial charge in [0.1, 0.15) is 5.82 Å². The van der Waals surface area contributed by atoms with Gasteiger partial charge < -0.3 is 4.90 Å². The highest BCUT2D eigenvalue weighted by molar-refractivity contribution is 9.10. The summed E-state index contributed by atoms with van der Waals surface area (Å²) in [6.45, 7) is 0.681. The quantitative estimate of drug-likeness (QED) is 0.819. The summed E-state index contributed by atoms with van der Waals surface area (Å²) in [5, 5.41) is 0. The summed E-state index contributed by atoms with van der Waals surface area (Å²) < 4.78 is 14.6. The predicted octanol–water partition coefficient (Wildman–Crippen LogP) is 4.22. The van der Waals surface area contributed by atoms with Gasteiger partial charge >= 0.3 is 0 Å². The van der Waals surface area contributed by atoms with E-state index in [1.807, 2.05) is 42.3 Å². The number of rotatable bonds is 3. The fourth-order valence-corrected chi connectivity index (χ4v) is 2.20. The lowest BCUT2D eigenvalue weighted by Gasteiger charge is -2.20. The Morgan fingerprint density at radius 2 is 1.88 bits per heavy atom. The molecule has 0 saturated carbocycles. The molecule has 3 heteroatoms. The fraction of sp³-hybridized carbons (Fsp3) is 0.143. The Bertz CT molecular complexity index is 513. The number of halogens is 2. The Kier molecular flexibility index (Phi) is 3.79. The molecule has 0 amide bonds. The molecule has 0 saturated heterocycles. The third kappa shape index (κ3) is 3.07.